The van der Waals surface area contributed by atoms with E-state index in [4.69, 9.17) is 42.5 Å². The van der Waals surface area contributed by atoms with E-state index < -0.39 is 17.9 Å². The molecule has 1 heterocycles. The molecule has 31 heavy (non-hydrogen) atoms. The lowest BCUT2D eigenvalue weighted by molar-refractivity contribution is -0.139. The Morgan fingerprint density at radius 1 is 1.16 bits per heavy atom. The first kappa shape index (κ1) is 25.2. The van der Waals surface area contributed by atoms with E-state index >= 15 is 0 Å². The third-order valence-electron chi connectivity index (χ3n) is 4.78. The number of nitrogens with one attached hydrogen (secondary N) is 1. The largest absolute Gasteiger partial charge is 0.466 e. The van der Waals surface area contributed by atoms with Gasteiger partial charge in [-0.15, -0.1) is 0 Å². The summed E-state index contributed by atoms with van der Waals surface area (Å²) in [6.45, 7) is 4.13. The number of hydrogen-bond acceptors (Lipinski definition) is 7. The van der Waals surface area contributed by atoms with Crippen molar-refractivity contribution in [3.8, 4) is 0 Å². The second-order valence-corrected chi connectivity index (χ2v) is 7.61. The Bertz CT molecular complexity index is 881. The van der Waals surface area contributed by atoms with Crippen LogP contribution in [0.1, 0.15) is 38.2 Å². The Balaban J connectivity index is 2.60. The van der Waals surface area contributed by atoms with E-state index in [1.807, 2.05) is 0 Å². The molecule has 1 aromatic rings. The zero-order valence-corrected chi connectivity index (χ0v) is 19.3. The Hall–Kier alpha value is -2.06. The molecule has 170 valence electrons. The Labute approximate surface area is 191 Å². The number of allylic oxidation sites excluding steroid dienone is 1. The first-order valence-corrected chi connectivity index (χ1v) is 10.7. The van der Waals surface area contributed by atoms with Gasteiger partial charge < -0.3 is 24.6 Å². The fourth-order valence-corrected chi connectivity index (χ4v) is 3.80. The van der Waals surface area contributed by atoms with Gasteiger partial charge in [-0.3, -0.25) is 0 Å². The fraction of sp³-hybridized carbons (Fsp3) is 0.455. The van der Waals surface area contributed by atoms with Crippen LogP contribution in [0.5, 0.6) is 0 Å². The second-order valence-electron chi connectivity index (χ2n) is 6.83. The zero-order valence-electron chi connectivity index (χ0n) is 17.8. The number of methoxy groups -OCH3 is 1. The summed E-state index contributed by atoms with van der Waals surface area (Å²) in [6, 6.07) is 5.03. The molecule has 7 nitrogen and oxygen atoms in total. The first-order chi connectivity index (χ1) is 14.9. The van der Waals surface area contributed by atoms with Crippen molar-refractivity contribution in [3.63, 3.8) is 0 Å². The molecule has 0 radical (unpaired) electrons. The van der Waals surface area contributed by atoms with Gasteiger partial charge in [-0.2, -0.15) is 0 Å². The molecule has 0 spiro atoms. The van der Waals surface area contributed by atoms with Crippen molar-refractivity contribution in [1.82, 2.24) is 5.32 Å². The van der Waals surface area contributed by atoms with Crippen molar-refractivity contribution in [2.45, 2.75) is 32.6 Å². The van der Waals surface area contributed by atoms with Crippen molar-refractivity contribution in [1.29, 1.82) is 0 Å². The van der Waals surface area contributed by atoms with Gasteiger partial charge in [0.15, 0.2) is 0 Å². The lowest BCUT2D eigenvalue weighted by Gasteiger charge is -2.31. The summed E-state index contributed by atoms with van der Waals surface area (Å²) in [6.07, 6.45) is 1.29. The highest BCUT2D eigenvalue weighted by atomic mass is 35.5. The molecule has 1 aliphatic heterocycles. The van der Waals surface area contributed by atoms with Crippen molar-refractivity contribution in [3.05, 3.63) is 56.3 Å². The van der Waals surface area contributed by atoms with E-state index in [2.05, 4.69) is 5.32 Å². The highest BCUT2D eigenvalue weighted by Gasteiger charge is 2.40. The van der Waals surface area contributed by atoms with E-state index in [0.717, 1.165) is 0 Å². The number of rotatable bonds is 10. The summed E-state index contributed by atoms with van der Waals surface area (Å²) in [7, 11) is 1.27. The predicted molar refractivity (Wildman–Crippen MR) is 118 cm³/mol. The number of halogens is 2. The predicted octanol–water partition coefficient (Wildman–Crippen LogP) is 3.73. The number of aliphatic hydroxyl groups is 1. The number of unbranched alkanes of at least 4 members (excludes halogenated alkanes) is 1. The summed E-state index contributed by atoms with van der Waals surface area (Å²) in [5, 5.41) is 12.6. The van der Waals surface area contributed by atoms with Crippen LogP contribution in [0, 0.1) is 0 Å². The molecule has 1 aliphatic rings. The Morgan fingerprint density at radius 3 is 2.55 bits per heavy atom. The molecule has 2 N–H and O–H groups in total. The van der Waals surface area contributed by atoms with Gasteiger partial charge in [0, 0.05) is 18.9 Å². The highest BCUT2D eigenvalue weighted by molar-refractivity contribution is 6.42. The monoisotopic (exact) mass is 471 g/mol. The molecule has 0 saturated heterocycles. The molecule has 0 bridgehead atoms. The van der Waals surface area contributed by atoms with Crippen molar-refractivity contribution < 1.29 is 28.9 Å². The normalized spacial score (nSPS) is 16.3. The number of benzene rings is 1. The van der Waals surface area contributed by atoms with Gasteiger partial charge in [0.2, 0.25) is 0 Å². The topological polar surface area (TPSA) is 94.1 Å². The third-order valence-corrected chi connectivity index (χ3v) is 5.61. The van der Waals surface area contributed by atoms with E-state index in [-0.39, 0.29) is 36.0 Å². The maximum absolute atomic E-state index is 13.0. The molecule has 1 aromatic carbocycles. The number of dihydropyridines is 1. The molecular weight excluding hydrogens is 445 g/mol. The van der Waals surface area contributed by atoms with Crippen LogP contribution in [0.2, 0.25) is 10.0 Å². The molecular formula is C22H27Cl2NO6. The number of carbonyl (C=O) groups is 2. The van der Waals surface area contributed by atoms with E-state index in [1.54, 1.807) is 32.0 Å². The molecule has 0 aliphatic carbocycles. The van der Waals surface area contributed by atoms with Crippen LogP contribution in [0.15, 0.2) is 40.7 Å². The van der Waals surface area contributed by atoms with Gasteiger partial charge in [0.1, 0.15) is 0 Å². The number of esters is 2. The van der Waals surface area contributed by atoms with Gasteiger partial charge in [0.05, 0.1) is 53.1 Å². The maximum Gasteiger partial charge on any atom is 0.336 e. The van der Waals surface area contributed by atoms with Crippen molar-refractivity contribution in [2.24, 2.45) is 0 Å². The number of hydrogen-bond donors (Lipinski definition) is 2. The minimum atomic E-state index is -0.852. The van der Waals surface area contributed by atoms with Crippen LogP contribution in [-0.4, -0.2) is 50.6 Å². The average molecular weight is 472 g/mol. The molecule has 2 rings (SSSR count). The minimum absolute atomic E-state index is 0.0814. The van der Waals surface area contributed by atoms with Gasteiger partial charge in [-0.25, -0.2) is 9.59 Å². The van der Waals surface area contributed by atoms with Crippen molar-refractivity contribution in [2.75, 3.05) is 33.5 Å². The number of aliphatic hydroxyl groups excluding tert-OH is 1. The van der Waals surface area contributed by atoms with E-state index in [1.165, 1.54) is 7.11 Å². The van der Waals surface area contributed by atoms with Crippen LogP contribution >= 0.6 is 23.2 Å². The van der Waals surface area contributed by atoms with E-state index in [0.29, 0.717) is 41.4 Å². The van der Waals surface area contributed by atoms with Crippen LogP contribution < -0.4 is 5.32 Å². The lowest BCUT2D eigenvalue weighted by Crippen LogP contribution is -2.35. The fourth-order valence-electron chi connectivity index (χ4n) is 3.39. The first-order valence-electron chi connectivity index (χ1n) is 9.96. The molecule has 9 heteroatoms. The summed E-state index contributed by atoms with van der Waals surface area (Å²) < 4.78 is 16.0. The highest BCUT2D eigenvalue weighted by Crippen LogP contribution is 2.43. The molecule has 1 unspecified atom stereocenters. The maximum atomic E-state index is 13.0. The van der Waals surface area contributed by atoms with Crippen molar-refractivity contribution >= 4 is 35.1 Å². The second kappa shape index (κ2) is 12.1. The Kier molecular flexibility index (Phi) is 9.84. The van der Waals surface area contributed by atoms with Gasteiger partial charge in [-0.1, -0.05) is 35.3 Å². The molecule has 1 atom stereocenters. The molecule has 0 amide bonds. The minimum Gasteiger partial charge on any atom is -0.466 e. The summed E-state index contributed by atoms with van der Waals surface area (Å²) >= 11 is 12.7. The summed E-state index contributed by atoms with van der Waals surface area (Å²) in [4.78, 5) is 25.7. The number of carbonyl (C=O) groups excluding carboxylic acids is 2. The van der Waals surface area contributed by atoms with Gasteiger partial charge in [0.25, 0.3) is 0 Å². The zero-order chi connectivity index (χ0) is 23.0. The summed E-state index contributed by atoms with van der Waals surface area (Å²) in [5.41, 5.74) is 1.90. The number of ether oxygens (including phenoxy) is 3. The van der Waals surface area contributed by atoms with Crippen LogP contribution in [-0.2, 0) is 23.8 Å². The Morgan fingerprint density at radius 2 is 1.90 bits per heavy atom. The van der Waals surface area contributed by atoms with Crippen LogP contribution in [0.25, 0.3) is 0 Å². The molecule has 0 saturated carbocycles. The average Bonchev–Trinajstić information content (AvgIpc) is 2.74. The van der Waals surface area contributed by atoms with Gasteiger partial charge in [-0.05, 0) is 38.3 Å². The summed E-state index contributed by atoms with van der Waals surface area (Å²) in [5.74, 6) is -2.05. The van der Waals surface area contributed by atoms with Gasteiger partial charge >= 0.3 is 11.9 Å². The third kappa shape index (κ3) is 6.01. The van der Waals surface area contributed by atoms with E-state index in [9.17, 15) is 9.59 Å². The molecule has 0 aromatic heterocycles. The SMILES string of the molecule is CCOC(=O)C1=C(COCCCCO)NC(C)=C(C(=O)OC)C1c1cccc(Cl)c1Cl. The van der Waals surface area contributed by atoms with Crippen LogP contribution in [0.4, 0.5) is 0 Å². The standard InChI is InChI=1S/C22H27Cl2NO6/c1-4-31-22(28)19-16(12-30-11-6-5-10-26)25-13(2)17(21(27)29-3)18(19)14-8-7-9-15(23)20(14)24/h7-9,18,25-26H,4-6,10-12H2,1-3H3. The quantitative estimate of drug-likeness (QED) is 0.396. The smallest absolute Gasteiger partial charge is 0.336 e. The van der Waals surface area contributed by atoms with Crippen LogP contribution in [0.3, 0.4) is 0 Å². The molecule has 0 fully saturated rings. The lowest BCUT2D eigenvalue weighted by atomic mass is 9.80.